The van der Waals surface area contributed by atoms with Crippen molar-refractivity contribution >= 4 is 11.3 Å². The summed E-state index contributed by atoms with van der Waals surface area (Å²) in [5.41, 5.74) is 0.645. The highest BCUT2D eigenvalue weighted by Crippen LogP contribution is 2.32. The van der Waals surface area contributed by atoms with E-state index in [1.807, 2.05) is 6.92 Å². The molecule has 0 saturated carbocycles. The molecule has 0 saturated heterocycles. The zero-order valence-corrected chi connectivity index (χ0v) is 7.99. The van der Waals surface area contributed by atoms with E-state index in [2.05, 4.69) is 4.98 Å². The van der Waals surface area contributed by atoms with Crippen LogP contribution < -0.4 is 0 Å². The van der Waals surface area contributed by atoms with Gasteiger partial charge in [-0.05, 0) is 20.4 Å². The van der Waals surface area contributed by atoms with Crippen LogP contribution >= 0.6 is 11.3 Å². The molecule has 2 nitrogen and oxygen atoms in total. The number of hydrogen-bond acceptors (Lipinski definition) is 3. The van der Waals surface area contributed by atoms with Gasteiger partial charge in [0.1, 0.15) is 5.69 Å². The first kappa shape index (κ1) is 8.13. The van der Waals surface area contributed by atoms with Crippen LogP contribution in [0.2, 0.25) is 0 Å². The molecule has 0 fully saturated rings. The predicted octanol–water partition coefficient (Wildman–Crippen LogP) is 1.91. The van der Waals surface area contributed by atoms with Gasteiger partial charge in [0.25, 0.3) is 0 Å². The summed E-state index contributed by atoms with van der Waals surface area (Å²) < 4.78 is 13.5. The highest BCUT2D eigenvalue weighted by Gasteiger charge is 2.27. The van der Waals surface area contributed by atoms with Gasteiger partial charge in [-0.25, -0.2) is 9.37 Å². The third-order valence-electron chi connectivity index (χ3n) is 2.14. The SMILES string of the molecule is Cc1nc2c(s1)CCN(C)C2F. The summed E-state index contributed by atoms with van der Waals surface area (Å²) in [6, 6.07) is 0. The van der Waals surface area contributed by atoms with Crippen LogP contribution in [0.3, 0.4) is 0 Å². The lowest BCUT2D eigenvalue weighted by Gasteiger charge is -2.25. The third-order valence-corrected chi connectivity index (χ3v) is 3.19. The average molecular weight is 186 g/mol. The number of thiazole rings is 1. The summed E-state index contributed by atoms with van der Waals surface area (Å²) >= 11 is 1.62. The van der Waals surface area contributed by atoms with Crippen molar-refractivity contribution in [2.75, 3.05) is 13.6 Å². The van der Waals surface area contributed by atoms with E-state index in [1.54, 1.807) is 23.3 Å². The van der Waals surface area contributed by atoms with Gasteiger partial charge in [-0.3, -0.25) is 4.90 Å². The molecular weight excluding hydrogens is 175 g/mol. The molecule has 0 aliphatic carbocycles. The fourth-order valence-corrected chi connectivity index (χ4v) is 2.39. The maximum Gasteiger partial charge on any atom is 0.197 e. The van der Waals surface area contributed by atoms with Crippen molar-refractivity contribution in [2.45, 2.75) is 19.6 Å². The number of likely N-dealkylation sites (N-methyl/N-ethyl adjacent to an activating group) is 1. The Morgan fingerprint density at radius 3 is 3.17 bits per heavy atom. The number of aromatic nitrogens is 1. The number of alkyl halides is 1. The molecule has 1 unspecified atom stereocenters. The van der Waals surface area contributed by atoms with Crippen molar-refractivity contribution in [3.05, 3.63) is 15.6 Å². The Morgan fingerprint density at radius 2 is 2.42 bits per heavy atom. The molecule has 1 aromatic rings. The van der Waals surface area contributed by atoms with Gasteiger partial charge >= 0.3 is 0 Å². The number of nitrogens with zero attached hydrogens (tertiary/aromatic N) is 2. The van der Waals surface area contributed by atoms with Crippen LogP contribution in [0.1, 0.15) is 21.9 Å². The van der Waals surface area contributed by atoms with Crippen molar-refractivity contribution in [3.8, 4) is 0 Å². The third kappa shape index (κ3) is 1.15. The quantitative estimate of drug-likeness (QED) is 0.575. The minimum Gasteiger partial charge on any atom is -0.272 e. The maximum atomic E-state index is 13.5. The number of hydrogen-bond donors (Lipinski definition) is 0. The number of rotatable bonds is 0. The fraction of sp³-hybridized carbons (Fsp3) is 0.625. The molecule has 0 amide bonds. The van der Waals surface area contributed by atoms with Gasteiger partial charge in [-0.2, -0.15) is 0 Å². The molecule has 0 radical (unpaired) electrons. The smallest absolute Gasteiger partial charge is 0.197 e. The van der Waals surface area contributed by atoms with E-state index in [0.29, 0.717) is 5.69 Å². The Kier molecular flexibility index (Phi) is 1.88. The standard InChI is InChI=1S/C8H11FN2S/c1-5-10-7-6(12-5)3-4-11(2)8(7)9/h8H,3-4H2,1-2H3. The Hall–Kier alpha value is -0.480. The van der Waals surface area contributed by atoms with E-state index < -0.39 is 6.30 Å². The predicted molar refractivity (Wildman–Crippen MR) is 47.0 cm³/mol. The molecule has 1 aliphatic rings. The van der Waals surface area contributed by atoms with Gasteiger partial charge in [-0.15, -0.1) is 11.3 Å². The topological polar surface area (TPSA) is 16.1 Å². The second-order valence-electron chi connectivity index (χ2n) is 3.11. The molecule has 66 valence electrons. The van der Waals surface area contributed by atoms with Gasteiger partial charge in [0.05, 0.1) is 5.01 Å². The Bertz CT molecular complexity index is 297. The van der Waals surface area contributed by atoms with Crippen LogP contribution in [0.5, 0.6) is 0 Å². The van der Waals surface area contributed by atoms with Crippen LogP contribution in [0.15, 0.2) is 0 Å². The first-order valence-electron chi connectivity index (χ1n) is 3.99. The second-order valence-corrected chi connectivity index (χ2v) is 4.40. The van der Waals surface area contributed by atoms with Crippen LogP contribution in [0.4, 0.5) is 4.39 Å². The van der Waals surface area contributed by atoms with Gasteiger partial charge in [-0.1, -0.05) is 0 Å². The average Bonchev–Trinajstić information content (AvgIpc) is 2.39. The van der Waals surface area contributed by atoms with E-state index in [0.717, 1.165) is 22.9 Å². The van der Waals surface area contributed by atoms with E-state index in [-0.39, 0.29) is 0 Å². The molecular formula is C8H11FN2S. The summed E-state index contributed by atoms with van der Waals surface area (Å²) in [7, 11) is 1.79. The Labute approximate surface area is 75.0 Å². The molecule has 0 bridgehead atoms. The Balaban J connectivity index is 2.41. The summed E-state index contributed by atoms with van der Waals surface area (Å²) in [6.45, 7) is 2.73. The minimum atomic E-state index is -0.987. The van der Waals surface area contributed by atoms with Crippen molar-refractivity contribution in [1.29, 1.82) is 0 Å². The molecule has 4 heteroatoms. The number of fused-ring (bicyclic) bond motifs is 1. The zero-order chi connectivity index (χ0) is 8.72. The van der Waals surface area contributed by atoms with Crippen LogP contribution in [-0.2, 0) is 6.42 Å². The number of aryl methyl sites for hydroxylation is 1. The first-order chi connectivity index (χ1) is 5.68. The maximum absolute atomic E-state index is 13.5. The normalized spacial score (nSPS) is 24.1. The molecule has 1 aromatic heterocycles. The van der Waals surface area contributed by atoms with Gasteiger partial charge < -0.3 is 0 Å². The lowest BCUT2D eigenvalue weighted by Crippen LogP contribution is -2.29. The molecule has 0 aromatic carbocycles. The summed E-state index contributed by atoms with van der Waals surface area (Å²) in [4.78, 5) is 7.00. The zero-order valence-electron chi connectivity index (χ0n) is 7.17. The highest BCUT2D eigenvalue weighted by atomic mass is 32.1. The van der Waals surface area contributed by atoms with Crippen LogP contribution in [0.25, 0.3) is 0 Å². The lowest BCUT2D eigenvalue weighted by molar-refractivity contribution is 0.0968. The van der Waals surface area contributed by atoms with Gasteiger partial charge in [0.15, 0.2) is 6.30 Å². The summed E-state index contributed by atoms with van der Waals surface area (Å²) in [5, 5.41) is 0.970. The largest absolute Gasteiger partial charge is 0.272 e. The van der Waals surface area contributed by atoms with Crippen molar-refractivity contribution in [1.82, 2.24) is 9.88 Å². The highest BCUT2D eigenvalue weighted by molar-refractivity contribution is 7.11. The second kappa shape index (κ2) is 2.78. The van der Waals surface area contributed by atoms with E-state index in [1.165, 1.54) is 0 Å². The van der Waals surface area contributed by atoms with Crippen LogP contribution in [-0.4, -0.2) is 23.5 Å². The molecule has 1 aliphatic heterocycles. The summed E-state index contributed by atoms with van der Waals surface area (Å²) in [6.07, 6.45) is -0.0451. The van der Waals surface area contributed by atoms with Gasteiger partial charge in [0, 0.05) is 11.4 Å². The molecule has 0 spiro atoms. The molecule has 12 heavy (non-hydrogen) atoms. The fourth-order valence-electron chi connectivity index (χ4n) is 1.45. The molecule has 2 rings (SSSR count). The lowest BCUT2D eigenvalue weighted by atomic mass is 10.2. The number of halogens is 1. The van der Waals surface area contributed by atoms with Crippen molar-refractivity contribution in [2.24, 2.45) is 0 Å². The van der Waals surface area contributed by atoms with Crippen molar-refractivity contribution in [3.63, 3.8) is 0 Å². The van der Waals surface area contributed by atoms with Crippen molar-refractivity contribution < 1.29 is 4.39 Å². The van der Waals surface area contributed by atoms with Gasteiger partial charge in [0.2, 0.25) is 0 Å². The molecule has 2 heterocycles. The molecule has 0 N–H and O–H groups in total. The van der Waals surface area contributed by atoms with Crippen LogP contribution in [0, 0.1) is 6.92 Å². The first-order valence-corrected chi connectivity index (χ1v) is 4.80. The van der Waals surface area contributed by atoms with E-state index >= 15 is 0 Å². The molecule has 1 atom stereocenters. The minimum absolute atomic E-state index is 0.645. The Morgan fingerprint density at radius 1 is 1.67 bits per heavy atom. The monoisotopic (exact) mass is 186 g/mol. The van der Waals surface area contributed by atoms with E-state index in [4.69, 9.17) is 0 Å². The van der Waals surface area contributed by atoms with E-state index in [9.17, 15) is 4.39 Å². The summed E-state index contributed by atoms with van der Waals surface area (Å²) in [5.74, 6) is 0.